The van der Waals surface area contributed by atoms with Crippen LogP contribution in [0.2, 0.25) is 5.02 Å². The Morgan fingerprint density at radius 1 is 1.33 bits per heavy atom. The zero-order chi connectivity index (χ0) is 13.1. The summed E-state index contributed by atoms with van der Waals surface area (Å²) in [6.07, 6.45) is 1.63. The van der Waals surface area contributed by atoms with E-state index in [0.717, 1.165) is 0 Å². The van der Waals surface area contributed by atoms with Gasteiger partial charge in [-0.25, -0.2) is 0 Å². The van der Waals surface area contributed by atoms with E-state index < -0.39 is 0 Å². The third kappa shape index (κ3) is 2.43. The highest BCUT2D eigenvalue weighted by Crippen LogP contribution is 2.28. The van der Waals surface area contributed by atoms with E-state index in [1.165, 1.54) is 0 Å². The van der Waals surface area contributed by atoms with Crippen LogP contribution in [0.5, 0.6) is 0 Å². The molecule has 0 fully saturated rings. The molecule has 1 aromatic heterocycles. The molecule has 2 aromatic rings. The number of hydrogen-bond donors (Lipinski definition) is 2. The zero-order valence-electron chi connectivity index (χ0n) is 9.77. The van der Waals surface area contributed by atoms with Crippen LogP contribution in [0.1, 0.15) is 16.1 Å². The zero-order valence-corrected chi connectivity index (χ0v) is 10.5. The summed E-state index contributed by atoms with van der Waals surface area (Å²) in [6.45, 7) is 1.77. The highest BCUT2D eigenvalue weighted by Gasteiger charge is 2.12. The Morgan fingerprint density at radius 2 is 2.11 bits per heavy atom. The molecule has 18 heavy (non-hydrogen) atoms. The van der Waals surface area contributed by atoms with Crippen molar-refractivity contribution in [2.75, 3.05) is 11.1 Å². The van der Waals surface area contributed by atoms with Crippen molar-refractivity contribution in [1.29, 1.82) is 0 Å². The SMILES string of the molecule is Cc1ncccc1C(=O)Nc1c(N)cccc1Cl. The number of hydrogen-bond acceptors (Lipinski definition) is 3. The summed E-state index contributed by atoms with van der Waals surface area (Å²) in [5.41, 5.74) is 7.77. The third-order valence-electron chi connectivity index (χ3n) is 2.54. The first kappa shape index (κ1) is 12.4. The molecule has 5 heteroatoms. The van der Waals surface area contributed by atoms with Crippen molar-refractivity contribution in [2.45, 2.75) is 6.92 Å². The lowest BCUT2D eigenvalue weighted by molar-refractivity contribution is 0.102. The Balaban J connectivity index is 2.30. The number of aromatic nitrogens is 1. The summed E-state index contributed by atoms with van der Waals surface area (Å²) in [5, 5.41) is 3.11. The van der Waals surface area contributed by atoms with Gasteiger partial charge in [-0.05, 0) is 31.2 Å². The number of nitrogens with zero attached hydrogens (tertiary/aromatic N) is 1. The van der Waals surface area contributed by atoms with Crippen LogP contribution < -0.4 is 11.1 Å². The number of amides is 1. The number of para-hydroxylation sites is 1. The molecule has 4 nitrogen and oxygen atoms in total. The molecule has 1 amide bonds. The highest BCUT2D eigenvalue weighted by atomic mass is 35.5. The molecular formula is C13H12ClN3O. The van der Waals surface area contributed by atoms with Crippen LogP contribution in [-0.4, -0.2) is 10.9 Å². The average Bonchev–Trinajstić information content (AvgIpc) is 2.34. The van der Waals surface area contributed by atoms with Gasteiger partial charge >= 0.3 is 0 Å². The van der Waals surface area contributed by atoms with Gasteiger partial charge in [0.1, 0.15) is 0 Å². The predicted molar refractivity (Wildman–Crippen MR) is 72.8 cm³/mol. The van der Waals surface area contributed by atoms with Gasteiger partial charge in [0.2, 0.25) is 0 Å². The number of halogens is 1. The Kier molecular flexibility index (Phi) is 3.48. The van der Waals surface area contributed by atoms with Crippen molar-refractivity contribution >= 4 is 28.9 Å². The minimum atomic E-state index is -0.277. The number of carbonyl (C=O) groups excluding carboxylic acids is 1. The number of nitrogen functional groups attached to an aromatic ring is 1. The van der Waals surface area contributed by atoms with Gasteiger partial charge < -0.3 is 11.1 Å². The normalized spacial score (nSPS) is 10.1. The first-order valence-electron chi connectivity index (χ1n) is 5.36. The second-order valence-corrected chi connectivity index (χ2v) is 4.20. The summed E-state index contributed by atoms with van der Waals surface area (Å²) < 4.78 is 0. The first-order valence-corrected chi connectivity index (χ1v) is 5.74. The quantitative estimate of drug-likeness (QED) is 0.817. The smallest absolute Gasteiger partial charge is 0.257 e. The number of rotatable bonds is 2. The van der Waals surface area contributed by atoms with Crippen LogP contribution in [0.25, 0.3) is 0 Å². The number of carbonyl (C=O) groups is 1. The molecule has 0 bridgehead atoms. The summed E-state index contributed by atoms with van der Waals surface area (Å²) in [4.78, 5) is 16.1. The van der Waals surface area contributed by atoms with Gasteiger partial charge in [0.05, 0.1) is 22.0 Å². The molecule has 92 valence electrons. The van der Waals surface area contributed by atoms with E-state index in [2.05, 4.69) is 10.3 Å². The summed E-state index contributed by atoms with van der Waals surface area (Å²) in [7, 11) is 0. The molecule has 1 aromatic carbocycles. The molecule has 0 aliphatic carbocycles. The molecular weight excluding hydrogens is 250 g/mol. The standard InChI is InChI=1S/C13H12ClN3O/c1-8-9(4-3-7-16-8)13(18)17-12-10(14)5-2-6-11(12)15/h2-7H,15H2,1H3,(H,17,18). The van der Waals surface area contributed by atoms with E-state index in [1.807, 2.05) is 0 Å². The maximum absolute atomic E-state index is 12.1. The number of aryl methyl sites for hydroxylation is 1. The highest BCUT2D eigenvalue weighted by molar-refractivity contribution is 6.34. The predicted octanol–water partition coefficient (Wildman–Crippen LogP) is 2.88. The average molecular weight is 262 g/mol. The monoisotopic (exact) mass is 261 g/mol. The van der Waals surface area contributed by atoms with Gasteiger partial charge in [-0.3, -0.25) is 9.78 Å². The fourth-order valence-electron chi connectivity index (χ4n) is 1.58. The number of anilines is 2. The number of pyridine rings is 1. The topological polar surface area (TPSA) is 68.0 Å². The summed E-state index contributed by atoms with van der Waals surface area (Å²) >= 11 is 5.99. The van der Waals surface area contributed by atoms with Gasteiger partial charge in [-0.15, -0.1) is 0 Å². The van der Waals surface area contributed by atoms with E-state index in [1.54, 1.807) is 43.5 Å². The molecule has 1 heterocycles. The maximum atomic E-state index is 12.1. The number of nitrogens with two attached hydrogens (primary N) is 1. The van der Waals surface area contributed by atoms with E-state index in [-0.39, 0.29) is 5.91 Å². The van der Waals surface area contributed by atoms with E-state index in [0.29, 0.717) is 27.7 Å². The lowest BCUT2D eigenvalue weighted by Crippen LogP contribution is -2.15. The van der Waals surface area contributed by atoms with Crippen molar-refractivity contribution in [3.63, 3.8) is 0 Å². The molecule has 0 saturated carbocycles. The Morgan fingerprint density at radius 3 is 2.78 bits per heavy atom. The Bertz CT molecular complexity index is 578. The summed E-state index contributed by atoms with van der Waals surface area (Å²) in [5.74, 6) is -0.277. The molecule has 0 aliphatic rings. The Labute approximate surface area is 110 Å². The van der Waals surface area contributed by atoms with Crippen LogP contribution >= 0.6 is 11.6 Å². The maximum Gasteiger partial charge on any atom is 0.257 e. The van der Waals surface area contributed by atoms with E-state index >= 15 is 0 Å². The van der Waals surface area contributed by atoms with Crippen molar-refractivity contribution in [3.05, 3.63) is 52.8 Å². The van der Waals surface area contributed by atoms with E-state index in [9.17, 15) is 4.79 Å². The third-order valence-corrected chi connectivity index (χ3v) is 2.85. The minimum absolute atomic E-state index is 0.277. The van der Waals surface area contributed by atoms with Crippen LogP contribution in [0.3, 0.4) is 0 Å². The molecule has 2 rings (SSSR count). The van der Waals surface area contributed by atoms with Gasteiger partial charge in [0.15, 0.2) is 0 Å². The largest absolute Gasteiger partial charge is 0.397 e. The van der Waals surface area contributed by atoms with Crippen LogP contribution in [0.4, 0.5) is 11.4 Å². The van der Waals surface area contributed by atoms with Crippen LogP contribution in [-0.2, 0) is 0 Å². The van der Waals surface area contributed by atoms with Gasteiger partial charge in [0.25, 0.3) is 5.91 Å². The van der Waals surface area contributed by atoms with Crippen LogP contribution in [0, 0.1) is 6.92 Å². The second-order valence-electron chi connectivity index (χ2n) is 3.79. The van der Waals surface area contributed by atoms with Crippen molar-refractivity contribution in [1.82, 2.24) is 4.98 Å². The lowest BCUT2D eigenvalue weighted by atomic mass is 10.2. The second kappa shape index (κ2) is 5.06. The summed E-state index contributed by atoms with van der Waals surface area (Å²) in [6, 6.07) is 8.48. The molecule has 0 saturated heterocycles. The molecule has 0 radical (unpaired) electrons. The Hall–Kier alpha value is -2.07. The van der Waals surface area contributed by atoms with Crippen molar-refractivity contribution < 1.29 is 4.79 Å². The van der Waals surface area contributed by atoms with Gasteiger partial charge in [-0.2, -0.15) is 0 Å². The van der Waals surface area contributed by atoms with Gasteiger partial charge in [-0.1, -0.05) is 17.7 Å². The molecule has 0 spiro atoms. The minimum Gasteiger partial charge on any atom is -0.397 e. The van der Waals surface area contributed by atoms with Crippen molar-refractivity contribution in [2.24, 2.45) is 0 Å². The molecule has 0 aliphatic heterocycles. The van der Waals surface area contributed by atoms with Crippen molar-refractivity contribution in [3.8, 4) is 0 Å². The first-order chi connectivity index (χ1) is 8.59. The molecule has 0 unspecified atom stereocenters. The van der Waals surface area contributed by atoms with Gasteiger partial charge in [0, 0.05) is 11.9 Å². The fraction of sp³-hybridized carbons (Fsp3) is 0.0769. The molecule has 3 N–H and O–H groups in total. The molecule has 0 atom stereocenters. The number of benzene rings is 1. The fourth-order valence-corrected chi connectivity index (χ4v) is 1.81. The van der Waals surface area contributed by atoms with Crippen LogP contribution in [0.15, 0.2) is 36.5 Å². The van der Waals surface area contributed by atoms with E-state index in [4.69, 9.17) is 17.3 Å². The lowest BCUT2D eigenvalue weighted by Gasteiger charge is -2.10. The number of nitrogens with one attached hydrogen (secondary N) is 1.